The molecule has 0 amide bonds. The number of halogens is 2. The Labute approximate surface area is 218 Å². The molecule has 0 radical (unpaired) electrons. The van der Waals surface area contributed by atoms with E-state index in [0.717, 1.165) is 31.4 Å². The normalized spacial score (nSPS) is 23.1. The van der Waals surface area contributed by atoms with Crippen molar-refractivity contribution >= 4 is 34.3 Å². The number of pyridine rings is 2. The summed E-state index contributed by atoms with van der Waals surface area (Å²) in [5.74, 6) is -3.55. The van der Waals surface area contributed by atoms with E-state index in [-0.39, 0.29) is 42.0 Å². The van der Waals surface area contributed by atoms with Gasteiger partial charge in [0.05, 0.1) is 29.3 Å². The van der Waals surface area contributed by atoms with Crippen molar-refractivity contribution in [3.8, 4) is 0 Å². The molecule has 2 bridgehead atoms. The van der Waals surface area contributed by atoms with E-state index in [1.54, 1.807) is 30.0 Å². The zero-order valence-corrected chi connectivity index (χ0v) is 21.5. The van der Waals surface area contributed by atoms with Crippen LogP contribution in [0.4, 0.5) is 26.2 Å². The number of hydrogen-bond donors (Lipinski definition) is 2. The maximum Gasteiger partial charge on any atom is 0.263 e. The van der Waals surface area contributed by atoms with E-state index in [9.17, 15) is 18.4 Å². The lowest BCUT2D eigenvalue weighted by Gasteiger charge is -2.47. The molecule has 5 heterocycles. The number of aryl methyl sites for hydroxylation is 1. The summed E-state index contributed by atoms with van der Waals surface area (Å²) in [7, 11) is 0. The number of fused-ring (bicyclic) bond motifs is 3. The first kappa shape index (κ1) is 24.8. The molecule has 38 heavy (non-hydrogen) atoms. The van der Waals surface area contributed by atoms with Gasteiger partial charge in [0.25, 0.3) is 11.5 Å². The highest BCUT2D eigenvalue weighted by Gasteiger charge is 2.53. The Morgan fingerprint density at radius 3 is 2.45 bits per heavy atom. The Kier molecular flexibility index (Phi) is 6.13. The largest absolute Gasteiger partial charge is 0.369 e. The van der Waals surface area contributed by atoms with Gasteiger partial charge in [-0.25, -0.2) is 18.7 Å². The van der Waals surface area contributed by atoms with Crippen LogP contribution in [-0.4, -0.2) is 57.4 Å². The number of nitrogens with zero attached hydrogens (tertiary/aromatic N) is 5. The molecule has 2 aliphatic heterocycles. The van der Waals surface area contributed by atoms with Crippen molar-refractivity contribution in [2.24, 2.45) is 11.8 Å². The Bertz CT molecular complexity index is 1430. The second-order valence-electron chi connectivity index (χ2n) is 10.8. The van der Waals surface area contributed by atoms with Crippen LogP contribution in [0.1, 0.15) is 54.6 Å². The summed E-state index contributed by atoms with van der Waals surface area (Å²) in [6.07, 6.45) is 7.11. The highest BCUT2D eigenvalue weighted by atomic mass is 19.3. The van der Waals surface area contributed by atoms with E-state index in [1.807, 2.05) is 11.0 Å². The number of Topliss-reactive ketones (excluding diaryl/α,β-unsaturated/α-hetero) is 1. The molecule has 9 nitrogen and oxygen atoms in total. The van der Waals surface area contributed by atoms with Crippen LogP contribution in [-0.2, 0) is 0 Å². The molecule has 2 unspecified atom stereocenters. The fourth-order valence-electron chi connectivity index (χ4n) is 6.30. The molecular formula is C27H31F2N7O2. The van der Waals surface area contributed by atoms with Gasteiger partial charge in [-0.05, 0) is 44.4 Å². The summed E-state index contributed by atoms with van der Waals surface area (Å²) in [6, 6.07) is 3.63. The summed E-state index contributed by atoms with van der Waals surface area (Å²) < 4.78 is 30.7. The molecule has 1 saturated carbocycles. The fraction of sp³-hybridized carbons (Fsp3) is 0.519. The first-order valence-electron chi connectivity index (χ1n) is 13.2. The second-order valence-corrected chi connectivity index (χ2v) is 10.8. The molecule has 3 aliphatic rings. The molecule has 0 spiro atoms. The van der Waals surface area contributed by atoms with Crippen LogP contribution in [0.5, 0.6) is 0 Å². The number of carbonyl (C=O) groups excluding carboxylic acids is 1. The number of piperidine rings is 2. The predicted molar refractivity (Wildman–Crippen MR) is 141 cm³/mol. The Morgan fingerprint density at radius 2 is 1.82 bits per heavy atom. The molecule has 3 aromatic heterocycles. The van der Waals surface area contributed by atoms with Crippen LogP contribution >= 0.6 is 0 Å². The quantitative estimate of drug-likeness (QED) is 0.486. The van der Waals surface area contributed by atoms with Crippen molar-refractivity contribution in [1.29, 1.82) is 0 Å². The van der Waals surface area contributed by atoms with Crippen LogP contribution in [0.3, 0.4) is 0 Å². The van der Waals surface area contributed by atoms with Gasteiger partial charge in [-0.15, -0.1) is 0 Å². The van der Waals surface area contributed by atoms with Crippen molar-refractivity contribution < 1.29 is 13.6 Å². The molecule has 2 atom stereocenters. The molecule has 3 aromatic rings. The molecule has 0 aromatic carbocycles. The zero-order chi connectivity index (χ0) is 26.6. The average Bonchev–Trinajstić information content (AvgIpc) is 3.38. The van der Waals surface area contributed by atoms with Gasteiger partial charge in [0.2, 0.25) is 5.95 Å². The van der Waals surface area contributed by atoms with E-state index in [4.69, 9.17) is 4.98 Å². The smallest absolute Gasteiger partial charge is 0.263 e. The number of alkyl halides is 2. The van der Waals surface area contributed by atoms with Crippen molar-refractivity contribution in [3.63, 3.8) is 0 Å². The van der Waals surface area contributed by atoms with E-state index >= 15 is 0 Å². The number of rotatable bonds is 5. The van der Waals surface area contributed by atoms with Gasteiger partial charge in [-0.2, -0.15) is 4.98 Å². The van der Waals surface area contributed by atoms with Gasteiger partial charge < -0.3 is 15.5 Å². The number of anilines is 3. The Hall–Kier alpha value is -3.47. The fourth-order valence-corrected chi connectivity index (χ4v) is 6.30. The van der Waals surface area contributed by atoms with Gasteiger partial charge in [0.15, 0.2) is 5.78 Å². The van der Waals surface area contributed by atoms with Gasteiger partial charge in [0.1, 0.15) is 11.5 Å². The van der Waals surface area contributed by atoms with Gasteiger partial charge >= 0.3 is 0 Å². The highest BCUT2D eigenvalue weighted by molar-refractivity contribution is 5.99. The lowest BCUT2D eigenvalue weighted by Crippen LogP contribution is -2.62. The van der Waals surface area contributed by atoms with Crippen molar-refractivity contribution in [3.05, 3.63) is 46.0 Å². The molecular weight excluding hydrogens is 492 g/mol. The summed E-state index contributed by atoms with van der Waals surface area (Å²) in [5.41, 5.74) is 1.79. The van der Waals surface area contributed by atoms with Crippen LogP contribution < -0.4 is 21.1 Å². The summed E-state index contributed by atoms with van der Waals surface area (Å²) >= 11 is 0. The van der Waals surface area contributed by atoms with E-state index in [0.29, 0.717) is 35.5 Å². The van der Waals surface area contributed by atoms with Crippen molar-refractivity contribution in [1.82, 2.24) is 24.8 Å². The number of aromatic nitrogens is 4. The molecule has 3 fully saturated rings. The summed E-state index contributed by atoms with van der Waals surface area (Å²) in [6.45, 7) is 4.35. The Balaban J connectivity index is 1.29. The average molecular weight is 524 g/mol. The number of carbonyl (C=O) groups is 1. The molecule has 6 rings (SSSR count). The van der Waals surface area contributed by atoms with Crippen LogP contribution in [0, 0.1) is 18.8 Å². The van der Waals surface area contributed by atoms with E-state index in [2.05, 4.69) is 20.6 Å². The van der Waals surface area contributed by atoms with Crippen LogP contribution in [0.15, 0.2) is 29.3 Å². The molecule has 2 saturated heterocycles. The van der Waals surface area contributed by atoms with Gasteiger partial charge in [-0.1, -0.05) is 12.8 Å². The standard InChI is InChI=1S/C27H31F2N7O2/c1-15-21-12-32-26(34-24(21)36(19-5-3-4-6-19)25(38)23(15)16(2)37)33-22-8-7-20(11-31-22)35-13-17-9-30-10-18(14-35)27(17,28)29/h7-8,11-12,17-19,30H,3-6,9-10,13-14H2,1-2H3,(H,31,32,33,34). The minimum Gasteiger partial charge on any atom is -0.369 e. The van der Waals surface area contributed by atoms with E-state index in [1.165, 1.54) is 6.92 Å². The van der Waals surface area contributed by atoms with E-state index < -0.39 is 17.8 Å². The maximum absolute atomic E-state index is 14.5. The third-order valence-electron chi connectivity index (χ3n) is 8.35. The molecule has 1 aliphatic carbocycles. The lowest BCUT2D eigenvalue weighted by atomic mass is 9.81. The van der Waals surface area contributed by atoms with Gasteiger partial charge in [-0.3, -0.25) is 14.2 Å². The summed E-state index contributed by atoms with van der Waals surface area (Å²) in [4.78, 5) is 41.3. The maximum atomic E-state index is 14.5. The third kappa shape index (κ3) is 4.13. The van der Waals surface area contributed by atoms with Crippen LogP contribution in [0.25, 0.3) is 11.0 Å². The first-order chi connectivity index (χ1) is 18.2. The number of hydrogen-bond acceptors (Lipinski definition) is 8. The minimum atomic E-state index is -2.65. The van der Waals surface area contributed by atoms with Crippen LogP contribution in [0.2, 0.25) is 0 Å². The van der Waals surface area contributed by atoms with Crippen molar-refractivity contribution in [2.75, 3.05) is 36.4 Å². The second kappa shape index (κ2) is 9.37. The van der Waals surface area contributed by atoms with Gasteiger partial charge in [0, 0.05) is 43.8 Å². The first-order valence-corrected chi connectivity index (χ1v) is 13.2. The highest BCUT2D eigenvalue weighted by Crippen LogP contribution is 2.41. The summed E-state index contributed by atoms with van der Waals surface area (Å²) in [5, 5.41) is 6.90. The number of ketones is 1. The molecule has 200 valence electrons. The SMILES string of the molecule is CC(=O)c1c(C)c2cnc(Nc3ccc(N4CC5CNCC(C4)C5(F)F)cn3)nc2n(C2CCCC2)c1=O. The predicted octanol–water partition coefficient (Wildman–Crippen LogP) is 3.85. The topological polar surface area (TPSA) is 105 Å². The molecule has 2 N–H and O–H groups in total. The zero-order valence-electron chi connectivity index (χ0n) is 21.5. The lowest BCUT2D eigenvalue weighted by molar-refractivity contribution is -0.130. The van der Waals surface area contributed by atoms with Crippen molar-refractivity contribution in [2.45, 2.75) is 51.5 Å². The molecule has 11 heteroatoms. The Morgan fingerprint density at radius 1 is 1.11 bits per heavy atom. The monoisotopic (exact) mass is 523 g/mol. The third-order valence-corrected chi connectivity index (χ3v) is 8.35. The minimum absolute atomic E-state index is 0.00419. The number of nitrogens with one attached hydrogen (secondary N) is 2.